The van der Waals surface area contributed by atoms with E-state index in [9.17, 15) is 13.2 Å². The van der Waals surface area contributed by atoms with Gasteiger partial charge in [-0.3, -0.25) is 0 Å². The molecule has 0 aromatic rings. The molecule has 6 heteroatoms. The molecule has 116 valence electrons. The maximum Gasteiger partial charge on any atom is 0.392 e. The molecule has 0 aromatic carbocycles. The van der Waals surface area contributed by atoms with Crippen LogP contribution in [0.4, 0.5) is 13.2 Å². The lowest BCUT2D eigenvalue weighted by atomic mass is 9.77. The highest BCUT2D eigenvalue weighted by Crippen LogP contribution is 2.41. The third-order valence-electron chi connectivity index (χ3n) is 3.43. The van der Waals surface area contributed by atoms with Gasteiger partial charge in [-0.15, -0.1) is 5.73 Å². The molecule has 1 heterocycles. The van der Waals surface area contributed by atoms with Gasteiger partial charge in [0, 0.05) is 10.9 Å². The van der Waals surface area contributed by atoms with Crippen LogP contribution in [0.1, 0.15) is 26.7 Å². The van der Waals surface area contributed by atoms with Crippen molar-refractivity contribution < 1.29 is 13.2 Å². The van der Waals surface area contributed by atoms with Gasteiger partial charge in [-0.2, -0.15) is 13.2 Å². The molecule has 1 rings (SSSR count). The molecule has 1 nitrogen and oxygen atoms in total. The van der Waals surface area contributed by atoms with Gasteiger partial charge in [-0.1, -0.05) is 40.8 Å². The van der Waals surface area contributed by atoms with Crippen LogP contribution in [0, 0.1) is 5.92 Å². The van der Waals surface area contributed by atoms with Crippen molar-refractivity contribution in [2.45, 2.75) is 38.4 Å². The summed E-state index contributed by atoms with van der Waals surface area (Å²) in [5.41, 5.74) is 2.38. The molecule has 1 aliphatic heterocycles. The largest absolute Gasteiger partial charge is 0.392 e. The van der Waals surface area contributed by atoms with Crippen LogP contribution in [0.25, 0.3) is 0 Å². The van der Waals surface area contributed by atoms with Crippen LogP contribution in [-0.4, -0.2) is 16.7 Å². The fourth-order valence-corrected chi connectivity index (χ4v) is 3.00. The van der Waals surface area contributed by atoms with Crippen molar-refractivity contribution in [2.24, 2.45) is 5.92 Å². The fraction of sp³-hybridized carbons (Fsp3) is 0.467. The molecule has 2 atom stereocenters. The highest BCUT2D eigenvalue weighted by Gasteiger charge is 2.48. The van der Waals surface area contributed by atoms with Crippen molar-refractivity contribution in [2.75, 3.05) is 0 Å². The first-order valence-electron chi connectivity index (χ1n) is 6.40. The average molecular weight is 380 g/mol. The van der Waals surface area contributed by atoms with E-state index in [1.54, 1.807) is 19.1 Å². The van der Waals surface area contributed by atoms with E-state index in [2.05, 4.69) is 33.6 Å². The van der Waals surface area contributed by atoms with Crippen molar-refractivity contribution in [1.82, 2.24) is 5.32 Å². The number of allylic oxidation sites excluding steroid dienone is 3. The van der Waals surface area contributed by atoms with Gasteiger partial charge in [0.05, 0.1) is 16.4 Å². The molecule has 0 saturated carbocycles. The van der Waals surface area contributed by atoms with Crippen molar-refractivity contribution in [1.29, 1.82) is 0 Å². The zero-order valence-corrected chi connectivity index (χ0v) is 14.3. The number of alkyl halides is 3. The lowest BCUT2D eigenvalue weighted by molar-refractivity contribution is -0.179. The zero-order chi connectivity index (χ0) is 16.3. The SMILES string of the molecule is C=C=C/C(=C\C(Br)=C/C)C1(C)CC(C(F)(F)F)CC(=S)N1. The average Bonchev–Trinajstić information content (AvgIpc) is 2.36. The predicted octanol–water partition coefficient (Wildman–Crippen LogP) is 5.20. The highest BCUT2D eigenvalue weighted by molar-refractivity contribution is 9.11. The molecule has 0 amide bonds. The summed E-state index contributed by atoms with van der Waals surface area (Å²) in [5, 5.41) is 3.03. The Morgan fingerprint density at radius 3 is 2.67 bits per heavy atom. The summed E-state index contributed by atoms with van der Waals surface area (Å²) in [6.07, 6.45) is 0.650. The molecule has 1 N–H and O–H groups in total. The number of rotatable bonds is 3. The van der Waals surface area contributed by atoms with E-state index in [0.29, 0.717) is 5.57 Å². The Kier molecular flexibility index (Phi) is 6.02. The zero-order valence-electron chi connectivity index (χ0n) is 11.9. The molecule has 21 heavy (non-hydrogen) atoms. The first-order chi connectivity index (χ1) is 9.62. The number of piperidine rings is 1. The predicted molar refractivity (Wildman–Crippen MR) is 87.4 cm³/mol. The van der Waals surface area contributed by atoms with Gasteiger partial charge in [0.25, 0.3) is 0 Å². The van der Waals surface area contributed by atoms with E-state index in [1.165, 1.54) is 0 Å². The lowest BCUT2D eigenvalue weighted by Crippen LogP contribution is -2.54. The summed E-state index contributed by atoms with van der Waals surface area (Å²) in [7, 11) is 0. The summed E-state index contributed by atoms with van der Waals surface area (Å²) in [5.74, 6) is -1.44. The smallest absolute Gasteiger partial charge is 0.370 e. The van der Waals surface area contributed by atoms with Crippen LogP contribution < -0.4 is 5.32 Å². The number of hydrogen-bond donors (Lipinski definition) is 1. The molecule has 1 aliphatic rings. The Morgan fingerprint density at radius 1 is 1.57 bits per heavy atom. The Bertz CT molecular complexity index is 530. The van der Waals surface area contributed by atoms with E-state index in [1.807, 2.05) is 13.0 Å². The van der Waals surface area contributed by atoms with Crippen LogP contribution >= 0.6 is 28.1 Å². The Balaban J connectivity index is 3.24. The number of nitrogens with one attached hydrogen (secondary N) is 1. The molecule has 0 spiro atoms. The van der Waals surface area contributed by atoms with Crippen molar-refractivity contribution >= 4 is 33.1 Å². The number of thiocarbonyl (C=S) groups is 1. The van der Waals surface area contributed by atoms with E-state index < -0.39 is 17.6 Å². The normalized spacial score (nSPS) is 27.9. The molecule has 0 aliphatic carbocycles. The van der Waals surface area contributed by atoms with Crippen molar-refractivity contribution in [3.63, 3.8) is 0 Å². The van der Waals surface area contributed by atoms with Crippen LogP contribution in [0.15, 0.2) is 40.6 Å². The van der Waals surface area contributed by atoms with Crippen LogP contribution in [0.5, 0.6) is 0 Å². The Labute approximate surface area is 136 Å². The summed E-state index contributed by atoms with van der Waals surface area (Å²) in [4.78, 5) is 0.228. The maximum absolute atomic E-state index is 13.1. The molecule has 2 unspecified atom stereocenters. The maximum atomic E-state index is 13.1. The van der Waals surface area contributed by atoms with Gasteiger partial charge >= 0.3 is 6.18 Å². The number of halogens is 4. The summed E-state index contributed by atoms with van der Waals surface area (Å²) in [6.45, 7) is 7.05. The lowest BCUT2D eigenvalue weighted by Gasteiger charge is -2.41. The van der Waals surface area contributed by atoms with Gasteiger partial charge in [0.15, 0.2) is 0 Å². The fourth-order valence-electron chi connectivity index (χ4n) is 2.32. The summed E-state index contributed by atoms with van der Waals surface area (Å²) < 4.78 is 40.0. The quantitative estimate of drug-likeness (QED) is 0.410. The third-order valence-corrected chi connectivity index (χ3v) is 4.38. The Morgan fingerprint density at radius 2 is 2.19 bits per heavy atom. The van der Waals surface area contributed by atoms with E-state index in [4.69, 9.17) is 12.2 Å². The summed E-state index contributed by atoms with van der Waals surface area (Å²) >= 11 is 8.37. The molecular formula is C15H17BrF3NS. The van der Waals surface area contributed by atoms with Crippen LogP contribution in [-0.2, 0) is 0 Å². The third kappa shape index (κ3) is 4.83. The van der Waals surface area contributed by atoms with Crippen LogP contribution in [0.3, 0.4) is 0 Å². The molecule has 0 radical (unpaired) electrons. The van der Waals surface area contributed by atoms with Crippen molar-refractivity contribution in [3.05, 3.63) is 40.6 Å². The van der Waals surface area contributed by atoms with Crippen LogP contribution in [0.2, 0.25) is 0 Å². The van der Waals surface area contributed by atoms with E-state index in [0.717, 1.165) is 4.48 Å². The van der Waals surface area contributed by atoms with Crippen molar-refractivity contribution in [3.8, 4) is 0 Å². The first-order valence-corrected chi connectivity index (χ1v) is 7.60. The van der Waals surface area contributed by atoms with Gasteiger partial charge < -0.3 is 5.32 Å². The minimum Gasteiger partial charge on any atom is -0.370 e. The standard InChI is InChI=1S/C15H17BrF3NS/c1-4-6-10(7-12(16)5-2)14(3)9-11(15(17,18)19)8-13(21)20-14/h5-7,11H,1,8-9H2,2-3H3,(H,20,21)/b10-7+,12-5+. The molecule has 1 saturated heterocycles. The van der Waals surface area contributed by atoms with Gasteiger partial charge in [0.2, 0.25) is 0 Å². The van der Waals surface area contributed by atoms with E-state index >= 15 is 0 Å². The first kappa shape index (κ1) is 18.2. The van der Waals surface area contributed by atoms with Gasteiger partial charge in [0.1, 0.15) is 0 Å². The molecule has 0 aromatic heterocycles. The second-order valence-corrected chi connectivity index (χ2v) is 6.56. The molecular weight excluding hydrogens is 363 g/mol. The minimum absolute atomic E-state index is 0.0787. The van der Waals surface area contributed by atoms with E-state index in [-0.39, 0.29) is 17.8 Å². The monoisotopic (exact) mass is 379 g/mol. The highest BCUT2D eigenvalue weighted by atomic mass is 79.9. The number of hydrogen-bond acceptors (Lipinski definition) is 1. The molecule has 1 fully saturated rings. The second kappa shape index (κ2) is 6.95. The summed E-state index contributed by atoms with van der Waals surface area (Å²) in [6, 6.07) is 0. The topological polar surface area (TPSA) is 12.0 Å². The minimum atomic E-state index is -4.26. The van der Waals surface area contributed by atoms with Gasteiger partial charge in [-0.25, -0.2) is 0 Å². The molecule has 0 bridgehead atoms. The Hall–Kier alpha value is -0.840. The second-order valence-electron chi connectivity index (χ2n) is 5.15. The van der Waals surface area contributed by atoms with Gasteiger partial charge in [-0.05, 0) is 38.0 Å².